The van der Waals surface area contributed by atoms with Crippen molar-refractivity contribution in [1.29, 1.82) is 0 Å². The van der Waals surface area contributed by atoms with E-state index in [0.29, 0.717) is 5.57 Å². The topological polar surface area (TPSA) is 81.7 Å². The van der Waals surface area contributed by atoms with Gasteiger partial charge in [-0.1, -0.05) is 5.57 Å². The summed E-state index contributed by atoms with van der Waals surface area (Å²) < 4.78 is 10.5. The lowest BCUT2D eigenvalue weighted by molar-refractivity contribution is -0.167. The van der Waals surface area contributed by atoms with Crippen molar-refractivity contribution >= 4 is 25.7 Å². The molecule has 0 aliphatic carbocycles. The summed E-state index contributed by atoms with van der Waals surface area (Å²) >= 11 is 0. The first-order valence-corrected chi connectivity index (χ1v) is 8.14. The van der Waals surface area contributed by atoms with E-state index in [0.717, 1.165) is 5.57 Å². The van der Waals surface area contributed by atoms with E-state index in [-0.39, 0.29) is 12.4 Å². The lowest BCUT2D eigenvalue weighted by Crippen LogP contribution is -2.46. The normalized spacial score (nSPS) is 13.6. The fourth-order valence-corrected chi connectivity index (χ4v) is 2.17. The minimum Gasteiger partial charge on any atom is -0.468 e. The molecule has 0 aromatic heterocycles. The van der Waals surface area contributed by atoms with E-state index in [2.05, 4.69) is 5.32 Å². The summed E-state index contributed by atoms with van der Waals surface area (Å²) in [6, 6.07) is 0. The van der Waals surface area contributed by atoms with Gasteiger partial charge in [-0.05, 0) is 67.4 Å². The van der Waals surface area contributed by atoms with Gasteiger partial charge in [0.2, 0.25) is 5.91 Å². The van der Waals surface area contributed by atoms with Crippen LogP contribution in [0.2, 0.25) is 0 Å². The zero-order valence-electron chi connectivity index (χ0n) is 16.8. The molecule has 2 radical (unpaired) electrons. The Morgan fingerprint density at radius 2 is 1.36 bits per heavy atom. The van der Waals surface area contributed by atoms with Crippen molar-refractivity contribution in [3.05, 3.63) is 11.1 Å². The summed E-state index contributed by atoms with van der Waals surface area (Å²) in [6.07, 6.45) is -0.0652. The quantitative estimate of drug-likeness (QED) is 0.329. The lowest BCUT2D eigenvalue weighted by Gasteiger charge is -2.34. The van der Waals surface area contributed by atoms with Crippen molar-refractivity contribution in [2.45, 2.75) is 61.0 Å². The third-order valence-corrected chi connectivity index (χ3v) is 4.79. The smallest absolute Gasteiger partial charge is 0.321 e. The van der Waals surface area contributed by atoms with Crippen LogP contribution in [0, 0.1) is 10.8 Å². The molecule has 0 saturated heterocycles. The molecule has 25 heavy (non-hydrogen) atoms. The SMILES string of the molecule is [B]CNC(=O)C(C)(C)C(=O)OC(C)(C)/C(C)=C(/C)C(C)(C)C(=O)OC. The first-order chi connectivity index (χ1) is 11.2. The summed E-state index contributed by atoms with van der Waals surface area (Å²) in [7, 11) is 6.63. The number of amides is 1. The number of carbonyl (C=O) groups is 3. The van der Waals surface area contributed by atoms with Crippen LogP contribution in [-0.4, -0.2) is 44.8 Å². The van der Waals surface area contributed by atoms with Gasteiger partial charge in [-0.25, -0.2) is 0 Å². The number of methoxy groups -OCH3 is 1. The van der Waals surface area contributed by atoms with Gasteiger partial charge < -0.3 is 14.8 Å². The Hall–Kier alpha value is -1.79. The van der Waals surface area contributed by atoms with Crippen LogP contribution >= 0.6 is 0 Å². The summed E-state index contributed by atoms with van der Waals surface area (Å²) in [6.45, 7) is 13.5. The zero-order chi connectivity index (χ0) is 20.2. The molecule has 0 aliphatic heterocycles. The Bertz CT molecular complexity index is 576. The lowest BCUT2D eigenvalue weighted by atomic mass is 9.79. The number of carbonyl (C=O) groups excluding carboxylic acids is 3. The molecule has 0 aromatic rings. The van der Waals surface area contributed by atoms with Gasteiger partial charge in [0.25, 0.3) is 0 Å². The molecule has 0 unspecified atom stereocenters. The second-order valence-corrected chi connectivity index (χ2v) is 7.60. The number of rotatable bonds is 7. The molecule has 0 spiro atoms. The van der Waals surface area contributed by atoms with Gasteiger partial charge in [0.1, 0.15) is 11.0 Å². The molecule has 0 bridgehead atoms. The van der Waals surface area contributed by atoms with Crippen molar-refractivity contribution < 1.29 is 23.9 Å². The minimum atomic E-state index is -1.39. The van der Waals surface area contributed by atoms with E-state index < -0.39 is 28.3 Å². The van der Waals surface area contributed by atoms with Gasteiger partial charge in [-0.3, -0.25) is 14.4 Å². The predicted molar refractivity (Wildman–Crippen MR) is 96.9 cm³/mol. The Morgan fingerprint density at radius 1 is 0.880 bits per heavy atom. The first kappa shape index (κ1) is 23.2. The maximum atomic E-state index is 12.5. The van der Waals surface area contributed by atoms with Crippen LogP contribution < -0.4 is 5.32 Å². The molecule has 140 valence electrons. The molecule has 0 aliphatic rings. The van der Waals surface area contributed by atoms with Crippen LogP contribution in [-0.2, 0) is 23.9 Å². The highest BCUT2D eigenvalue weighted by Gasteiger charge is 2.42. The fourth-order valence-electron chi connectivity index (χ4n) is 2.17. The van der Waals surface area contributed by atoms with Crippen LogP contribution in [0.25, 0.3) is 0 Å². The van der Waals surface area contributed by atoms with E-state index in [9.17, 15) is 14.4 Å². The van der Waals surface area contributed by atoms with Crippen LogP contribution in [0.5, 0.6) is 0 Å². The van der Waals surface area contributed by atoms with Crippen LogP contribution in [0.15, 0.2) is 11.1 Å². The van der Waals surface area contributed by atoms with E-state index in [1.165, 1.54) is 21.0 Å². The van der Waals surface area contributed by atoms with Crippen molar-refractivity contribution in [2.24, 2.45) is 10.8 Å². The zero-order valence-corrected chi connectivity index (χ0v) is 16.8. The van der Waals surface area contributed by atoms with Gasteiger partial charge >= 0.3 is 11.9 Å². The summed E-state index contributed by atoms with van der Waals surface area (Å²) in [5, 5.41) is 2.42. The molecule has 6 nitrogen and oxygen atoms in total. The van der Waals surface area contributed by atoms with E-state index in [4.69, 9.17) is 17.3 Å². The number of ether oxygens (including phenoxy) is 2. The highest BCUT2D eigenvalue weighted by Crippen LogP contribution is 2.36. The molecule has 0 heterocycles. The molecule has 0 aromatic carbocycles. The minimum absolute atomic E-state index is 0.0652. The maximum absolute atomic E-state index is 12.5. The van der Waals surface area contributed by atoms with Crippen molar-refractivity contribution in [3.63, 3.8) is 0 Å². The van der Waals surface area contributed by atoms with Crippen LogP contribution in [0.1, 0.15) is 55.4 Å². The summed E-state index contributed by atoms with van der Waals surface area (Å²) in [5.41, 5.74) is -1.81. The maximum Gasteiger partial charge on any atom is 0.321 e. The third-order valence-electron chi connectivity index (χ3n) is 4.79. The van der Waals surface area contributed by atoms with Crippen LogP contribution in [0.3, 0.4) is 0 Å². The summed E-state index contributed by atoms with van der Waals surface area (Å²) in [4.78, 5) is 36.6. The summed E-state index contributed by atoms with van der Waals surface area (Å²) in [5.74, 6) is -1.57. The Morgan fingerprint density at radius 3 is 1.76 bits per heavy atom. The van der Waals surface area contributed by atoms with Crippen molar-refractivity contribution in [1.82, 2.24) is 5.32 Å². The van der Waals surface area contributed by atoms with Gasteiger partial charge in [0, 0.05) is 0 Å². The van der Waals surface area contributed by atoms with Gasteiger partial charge in [0.15, 0.2) is 0 Å². The average molecular weight is 351 g/mol. The number of nitrogens with one attached hydrogen (secondary N) is 1. The molecule has 1 N–H and O–H groups in total. The number of hydrogen-bond acceptors (Lipinski definition) is 5. The molecule has 7 heteroatoms. The average Bonchev–Trinajstić information content (AvgIpc) is 2.51. The third kappa shape index (κ3) is 5.09. The van der Waals surface area contributed by atoms with E-state index >= 15 is 0 Å². The predicted octanol–water partition coefficient (Wildman–Crippen LogP) is 2.11. The molecular formula is C18H30BNO5. The second-order valence-electron chi connectivity index (χ2n) is 7.60. The highest BCUT2D eigenvalue weighted by molar-refractivity contribution is 6.11. The highest BCUT2D eigenvalue weighted by atomic mass is 16.6. The number of esters is 2. The second kappa shape index (κ2) is 8.06. The van der Waals surface area contributed by atoms with Gasteiger partial charge in [-0.15, -0.1) is 0 Å². The number of hydrogen-bond donors (Lipinski definition) is 1. The molecule has 1 amide bonds. The molecule has 0 rings (SSSR count). The molecule has 0 atom stereocenters. The van der Waals surface area contributed by atoms with Crippen LogP contribution in [0.4, 0.5) is 0 Å². The molecular weight excluding hydrogens is 321 g/mol. The van der Waals surface area contributed by atoms with Crippen molar-refractivity contribution in [3.8, 4) is 0 Å². The van der Waals surface area contributed by atoms with E-state index in [1.54, 1.807) is 41.5 Å². The molecule has 0 saturated carbocycles. The first-order valence-electron chi connectivity index (χ1n) is 8.14. The Balaban J connectivity index is 5.64. The Labute approximate surface area is 152 Å². The van der Waals surface area contributed by atoms with Gasteiger partial charge in [-0.2, -0.15) is 0 Å². The standard InChI is InChI=1S/C18H30BNO5/c1-11(16(3,4)14(22)24-9)12(2)18(7,8)25-15(23)17(5,6)13(21)20-10-19/h10H2,1-9H3,(H,20,21)/b12-11-. The Kier molecular flexibility index (Phi) is 7.49. The van der Waals surface area contributed by atoms with Crippen molar-refractivity contribution in [2.75, 3.05) is 13.6 Å². The fraction of sp³-hybridized carbons (Fsp3) is 0.722. The largest absolute Gasteiger partial charge is 0.468 e. The molecule has 0 fully saturated rings. The van der Waals surface area contributed by atoms with Gasteiger partial charge in [0.05, 0.1) is 20.4 Å². The monoisotopic (exact) mass is 351 g/mol. The van der Waals surface area contributed by atoms with E-state index in [1.807, 2.05) is 0 Å².